The number of carboxylic acids is 1. The molecule has 0 saturated heterocycles. The van der Waals surface area contributed by atoms with Crippen LogP contribution >= 0.6 is 15.9 Å². The number of phenolic OH excluding ortho intramolecular Hbond substituents is 1. The molecule has 0 aliphatic carbocycles. The lowest BCUT2D eigenvalue weighted by Gasteiger charge is -2.13. The molecular weight excluding hydrogens is 292 g/mol. The molecule has 0 amide bonds. The summed E-state index contributed by atoms with van der Waals surface area (Å²) in [6.45, 7) is 0. The summed E-state index contributed by atoms with van der Waals surface area (Å²) in [5.74, 6) is -1.84. The second kappa shape index (κ2) is 5.79. The molecule has 0 aliphatic heterocycles. The number of ketones is 1. The average molecular weight is 303 g/mol. The van der Waals surface area contributed by atoms with E-state index < -0.39 is 12.1 Å². The minimum Gasteiger partial charge on any atom is -0.508 e. The van der Waals surface area contributed by atoms with Crippen molar-refractivity contribution < 1.29 is 24.9 Å². The van der Waals surface area contributed by atoms with Crippen LogP contribution in [0.25, 0.3) is 0 Å². The van der Waals surface area contributed by atoms with Crippen molar-refractivity contribution >= 4 is 27.7 Å². The molecule has 0 aliphatic rings. The van der Waals surface area contributed by atoms with Gasteiger partial charge < -0.3 is 15.3 Å². The minimum atomic E-state index is -1.75. The quantitative estimate of drug-likeness (QED) is 0.706. The van der Waals surface area contributed by atoms with Crippen molar-refractivity contribution in [2.75, 3.05) is 5.33 Å². The number of hydrogen-bond acceptors (Lipinski definition) is 4. The van der Waals surface area contributed by atoms with E-state index in [-0.39, 0.29) is 34.4 Å². The smallest absolute Gasteiger partial charge is 0.337 e. The van der Waals surface area contributed by atoms with Gasteiger partial charge >= 0.3 is 5.97 Å². The van der Waals surface area contributed by atoms with E-state index in [9.17, 15) is 19.8 Å². The highest BCUT2D eigenvalue weighted by Gasteiger charge is 2.22. The minimum absolute atomic E-state index is 0.0341. The monoisotopic (exact) mass is 302 g/mol. The molecule has 0 saturated carbocycles. The summed E-state index contributed by atoms with van der Waals surface area (Å²) < 4.78 is 0. The van der Waals surface area contributed by atoms with E-state index in [0.717, 1.165) is 0 Å². The van der Waals surface area contributed by atoms with Crippen molar-refractivity contribution in [2.45, 2.75) is 12.5 Å². The summed E-state index contributed by atoms with van der Waals surface area (Å²) in [5.41, 5.74) is 0.179. The Labute approximate surface area is 106 Å². The molecule has 1 aromatic rings. The molecular formula is C11H11BrO5. The summed E-state index contributed by atoms with van der Waals surface area (Å²) >= 11 is 2.98. The topological polar surface area (TPSA) is 94.8 Å². The number of rotatable bonds is 5. The van der Waals surface area contributed by atoms with Gasteiger partial charge in [0.2, 0.25) is 0 Å². The van der Waals surface area contributed by atoms with E-state index in [1.807, 2.05) is 0 Å². The fourth-order valence-electron chi connectivity index (χ4n) is 1.42. The molecule has 1 atom stereocenters. The largest absolute Gasteiger partial charge is 0.508 e. The number of hydrogen-bond donors (Lipinski definition) is 3. The third-order valence-corrected chi connectivity index (χ3v) is 2.86. The number of phenols is 1. The van der Waals surface area contributed by atoms with Crippen LogP contribution in [0.1, 0.15) is 17.2 Å². The van der Waals surface area contributed by atoms with Crippen LogP contribution in [-0.2, 0) is 16.0 Å². The number of aromatic hydroxyl groups is 1. The first-order chi connectivity index (χ1) is 7.97. The number of aliphatic carboxylic acids is 1. The Kier molecular flexibility index (Phi) is 4.65. The maximum Gasteiger partial charge on any atom is 0.337 e. The lowest BCUT2D eigenvalue weighted by atomic mass is 9.97. The second-order valence-electron chi connectivity index (χ2n) is 3.43. The van der Waals surface area contributed by atoms with Crippen LogP contribution in [0.4, 0.5) is 0 Å². The van der Waals surface area contributed by atoms with Gasteiger partial charge in [-0.3, -0.25) is 4.79 Å². The SMILES string of the molecule is O=C(CBr)Cc1c(O)cccc1C(O)C(=O)O. The first kappa shape index (κ1) is 13.7. The molecule has 5 nitrogen and oxygen atoms in total. The van der Waals surface area contributed by atoms with E-state index in [4.69, 9.17) is 5.11 Å². The summed E-state index contributed by atoms with van der Waals surface area (Å²) in [5, 5.41) is 27.9. The predicted molar refractivity (Wildman–Crippen MR) is 63.2 cm³/mol. The number of aliphatic hydroxyl groups excluding tert-OH is 1. The molecule has 92 valence electrons. The lowest BCUT2D eigenvalue weighted by Crippen LogP contribution is -2.15. The van der Waals surface area contributed by atoms with Gasteiger partial charge in [-0.25, -0.2) is 4.79 Å². The van der Waals surface area contributed by atoms with Crippen LogP contribution in [-0.4, -0.2) is 32.4 Å². The third-order valence-electron chi connectivity index (χ3n) is 2.24. The van der Waals surface area contributed by atoms with E-state index >= 15 is 0 Å². The van der Waals surface area contributed by atoms with Gasteiger partial charge in [0.05, 0.1) is 5.33 Å². The van der Waals surface area contributed by atoms with Crippen molar-refractivity contribution in [2.24, 2.45) is 0 Å². The Hall–Kier alpha value is -1.40. The van der Waals surface area contributed by atoms with Gasteiger partial charge in [0.25, 0.3) is 0 Å². The van der Waals surface area contributed by atoms with Gasteiger partial charge in [0.1, 0.15) is 11.5 Å². The van der Waals surface area contributed by atoms with Crippen molar-refractivity contribution in [3.63, 3.8) is 0 Å². The Bertz CT molecular complexity index is 443. The summed E-state index contributed by atoms with van der Waals surface area (Å²) in [7, 11) is 0. The fraction of sp³-hybridized carbons (Fsp3) is 0.273. The van der Waals surface area contributed by atoms with Crippen molar-refractivity contribution in [3.8, 4) is 5.75 Å². The molecule has 0 aromatic heterocycles. The Morgan fingerprint density at radius 1 is 1.35 bits per heavy atom. The normalized spacial score (nSPS) is 12.1. The zero-order chi connectivity index (χ0) is 13.0. The van der Waals surface area contributed by atoms with E-state index in [0.29, 0.717) is 0 Å². The van der Waals surface area contributed by atoms with Gasteiger partial charge in [0, 0.05) is 12.0 Å². The van der Waals surface area contributed by atoms with Crippen LogP contribution in [0.15, 0.2) is 18.2 Å². The number of carbonyl (C=O) groups excluding carboxylic acids is 1. The molecule has 0 heterocycles. The summed E-state index contributed by atoms with van der Waals surface area (Å²) in [6, 6.07) is 4.13. The van der Waals surface area contributed by atoms with E-state index in [1.54, 1.807) is 0 Å². The highest BCUT2D eigenvalue weighted by Crippen LogP contribution is 2.27. The Balaban J connectivity index is 3.17. The molecule has 1 unspecified atom stereocenters. The van der Waals surface area contributed by atoms with Crippen LogP contribution in [0, 0.1) is 0 Å². The molecule has 0 radical (unpaired) electrons. The molecule has 0 fully saturated rings. The van der Waals surface area contributed by atoms with E-state index in [2.05, 4.69) is 15.9 Å². The Morgan fingerprint density at radius 3 is 2.53 bits per heavy atom. The molecule has 0 spiro atoms. The number of halogens is 1. The van der Waals surface area contributed by atoms with Crippen molar-refractivity contribution in [1.82, 2.24) is 0 Å². The highest BCUT2D eigenvalue weighted by atomic mass is 79.9. The first-order valence-corrected chi connectivity index (χ1v) is 5.88. The molecule has 0 bridgehead atoms. The zero-order valence-electron chi connectivity index (χ0n) is 8.76. The number of Topliss-reactive ketones (excluding diaryl/α,β-unsaturated/α-hetero) is 1. The van der Waals surface area contributed by atoms with Gasteiger partial charge in [-0.1, -0.05) is 28.1 Å². The molecule has 3 N–H and O–H groups in total. The number of carboxylic acid groups (broad SMARTS) is 1. The van der Waals surface area contributed by atoms with Crippen molar-refractivity contribution in [3.05, 3.63) is 29.3 Å². The predicted octanol–water partition coefficient (Wildman–Crippen LogP) is 1.02. The molecule has 6 heteroatoms. The molecule has 1 aromatic carbocycles. The fourth-order valence-corrected chi connectivity index (χ4v) is 1.62. The first-order valence-electron chi connectivity index (χ1n) is 4.76. The lowest BCUT2D eigenvalue weighted by molar-refractivity contribution is -0.147. The average Bonchev–Trinajstić information content (AvgIpc) is 2.30. The highest BCUT2D eigenvalue weighted by molar-refractivity contribution is 9.09. The second-order valence-corrected chi connectivity index (χ2v) is 4.00. The van der Waals surface area contributed by atoms with Crippen LogP contribution in [0.5, 0.6) is 5.75 Å². The standard InChI is InChI=1S/C11H11BrO5/c12-5-6(13)4-8-7(10(15)11(16)17)2-1-3-9(8)14/h1-3,10,14-15H,4-5H2,(H,16,17). The number of benzene rings is 1. The van der Waals surface area contributed by atoms with Gasteiger partial charge in [-0.2, -0.15) is 0 Å². The number of aliphatic hydroxyl groups is 1. The number of alkyl halides is 1. The maximum absolute atomic E-state index is 11.3. The summed E-state index contributed by atoms with van der Waals surface area (Å²) in [6.07, 6.45) is -1.88. The maximum atomic E-state index is 11.3. The van der Waals surface area contributed by atoms with Gasteiger partial charge in [0.15, 0.2) is 6.10 Å². The van der Waals surface area contributed by atoms with E-state index in [1.165, 1.54) is 18.2 Å². The summed E-state index contributed by atoms with van der Waals surface area (Å²) in [4.78, 5) is 22.0. The van der Waals surface area contributed by atoms with Crippen molar-refractivity contribution in [1.29, 1.82) is 0 Å². The van der Waals surface area contributed by atoms with Crippen LogP contribution < -0.4 is 0 Å². The van der Waals surface area contributed by atoms with Crippen LogP contribution in [0.2, 0.25) is 0 Å². The zero-order valence-corrected chi connectivity index (χ0v) is 10.3. The van der Waals surface area contributed by atoms with Gasteiger partial charge in [-0.15, -0.1) is 0 Å². The number of carbonyl (C=O) groups is 2. The molecule has 17 heavy (non-hydrogen) atoms. The third kappa shape index (κ3) is 3.28. The van der Waals surface area contributed by atoms with Gasteiger partial charge in [-0.05, 0) is 11.6 Å². The van der Waals surface area contributed by atoms with Crippen LogP contribution in [0.3, 0.4) is 0 Å². The Morgan fingerprint density at radius 2 is 2.00 bits per heavy atom. The molecule has 1 rings (SSSR count).